The number of carboxylic acid groups (broad SMARTS) is 1. The molecule has 0 fully saturated rings. The van der Waals surface area contributed by atoms with Gasteiger partial charge in [0.15, 0.2) is 0 Å². The molecule has 0 aliphatic heterocycles. The minimum Gasteiger partial charge on any atom is -0.480 e. The van der Waals surface area contributed by atoms with Crippen LogP contribution in [0, 0.1) is 0 Å². The normalized spacial score (nSPS) is 9.73. The van der Waals surface area contributed by atoms with E-state index in [2.05, 4.69) is 5.32 Å². The molecule has 5 nitrogen and oxygen atoms in total. The molecule has 0 aliphatic carbocycles. The van der Waals surface area contributed by atoms with E-state index in [9.17, 15) is 9.59 Å². The molecule has 0 radical (unpaired) electrons. The van der Waals surface area contributed by atoms with Gasteiger partial charge in [0.2, 0.25) is 0 Å². The molecule has 0 aromatic rings. The number of likely N-dealkylation sites (N-methyl/N-ethyl adjacent to an activating group) is 1. The van der Waals surface area contributed by atoms with Crippen molar-refractivity contribution in [1.82, 2.24) is 10.2 Å². The molecule has 0 saturated heterocycles. The summed E-state index contributed by atoms with van der Waals surface area (Å²) in [5.74, 6) is 0.00169. The summed E-state index contributed by atoms with van der Waals surface area (Å²) in [6, 6.07) is -0.305. The molecule has 6 heteroatoms. The first-order valence-electron chi connectivity index (χ1n) is 4.85. The summed E-state index contributed by atoms with van der Waals surface area (Å²) in [6.07, 6.45) is 2.90. The Bertz CT molecular complexity index is 212. The molecular weight excluding hydrogens is 216 g/mol. The van der Waals surface area contributed by atoms with Crippen molar-refractivity contribution in [2.24, 2.45) is 0 Å². The van der Waals surface area contributed by atoms with Crippen molar-refractivity contribution >= 4 is 23.8 Å². The largest absolute Gasteiger partial charge is 0.480 e. The van der Waals surface area contributed by atoms with Crippen LogP contribution in [0.3, 0.4) is 0 Å². The number of aliphatic carboxylic acids is 1. The predicted octanol–water partition coefficient (Wildman–Crippen LogP) is 0.856. The van der Waals surface area contributed by atoms with Crippen LogP contribution in [0.5, 0.6) is 0 Å². The van der Waals surface area contributed by atoms with Gasteiger partial charge in [0, 0.05) is 13.1 Å². The van der Waals surface area contributed by atoms with E-state index in [0.717, 1.165) is 12.2 Å². The van der Waals surface area contributed by atoms with Crippen LogP contribution < -0.4 is 5.32 Å². The van der Waals surface area contributed by atoms with Crippen LogP contribution in [-0.4, -0.2) is 53.6 Å². The Morgan fingerprint density at radius 2 is 2.13 bits per heavy atom. The molecular formula is C9H18N2O3S. The van der Waals surface area contributed by atoms with E-state index in [0.29, 0.717) is 13.1 Å². The number of carbonyl (C=O) groups excluding carboxylic acids is 1. The molecule has 0 rings (SSSR count). The molecule has 0 spiro atoms. The van der Waals surface area contributed by atoms with Crippen LogP contribution in [0.4, 0.5) is 4.79 Å². The van der Waals surface area contributed by atoms with Crippen molar-refractivity contribution in [3.8, 4) is 0 Å². The lowest BCUT2D eigenvalue weighted by Crippen LogP contribution is -2.42. The zero-order valence-electron chi connectivity index (χ0n) is 9.15. The van der Waals surface area contributed by atoms with E-state index < -0.39 is 5.97 Å². The second-order valence-corrected chi connectivity index (χ2v) is 3.97. The highest BCUT2D eigenvalue weighted by molar-refractivity contribution is 7.98. The monoisotopic (exact) mass is 234 g/mol. The van der Waals surface area contributed by atoms with Gasteiger partial charge in [-0.25, -0.2) is 4.79 Å². The lowest BCUT2D eigenvalue weighted by Gasteiger charge is -2.18. The number of amides is 2. The number of nitrogens with one attached hydrogen (secondary N) is 1. The number of hydrogen-bond acceptors (Lipinski definition) is 3. The fourth-order valence-corrected chi connectivity index (χ4v) is 1.45. The number of hydrogen-bond donors (Lipinski definition) is 2. The first-order chi connectivity index (χ1) is 7.11. The maximum Gasteiger partial charge on any atom is 0.323 e. The summed E-state index contributed by atoms with van der Waals surface area (Å²) >= 11 is 1.72. The van der Waals surface area contributed by atoms with Gasteiger partial charge in [0.1, 0.15) is 6.54 Å². The third kappa shape index (κ3) is 7.07. The minimum absolute atomic E-state index is 0.245. The Morgan fingerprint density at radius 1 is 1.47 bits per heavy atom. The van der Waals surface area contributed by atoms with E-state index in [4.69, 9.17) is 5.11 Å². The summed E-state index contributed by atoms with van der Waals surface area (Å²) < 4.78 is 0. The van der Waals surface area contributed by atoms with Crippen LogP contribution in [0.25, 0.3) is 0 Å². The summed E-state index contributed by atoms with van der Waals surface area (Å²) in [6.45, 7) is 2.51. The number of carbonyl (C=O) groups is 2. The highest BCUT2D eigenvalue weighted by Gasteiger charge is 2.13. The topological polar surface area (TPSA) is 69.6 Å². The molecule has 0 aliphatic rings. The van der Waals surface area contributed by atoms with Crippen molar-refractivity contribution in [1.29, 1.82) is 0 Å². The van der Waals surface area contributed by atoms with Crippen molar-refractivity contribution < 1.29 is 14.7 Å². The van der Waals surface area contributed by atoms with Gasteiger partial charge in [0.05, 0.1) is 0 Å². The van der Waals surface area contributed by atoms with Crippen molar-refractivity contribution in [2.45, 2.75) is 13.3 Å². The highest BCUT2D eigenvalue weighted by atomic mass is 32.2. The van der Waals surface area contributed by atoms with Crippen LogP contribution in [0.15, 0.2) is 0 Å². The number of rotatable bonds is 7. The van der Waals surface area contributed by atoms with E-state index >= 15 is 0 Å². The number of urea groups is 1. The van der Waals surface area contributed by atoms with Gasteiger partial charge >= 0.3 is 12.0 Å². The molecule has 0 unspecified atom stereocenters. The zero-order valence-corrected chi connectivity index (χ0v) is 9.97. The molecule has 0 heterocycles. The standard InChI is InChI=1S/C9H18N2O3S/c1-3-11(7-8(12)13)9(14)10-5-4-6-15-2/h3-7H2,1-2H3,(H,10,14)(H,12,13). The molecule has 0 atom stereocenters. The molecule has 2 N–H and O–H groups in total. The summed E-state index contributed by atoms with van der Waals surface area (Å²) in [5.41, 5.74) is 0. The van der Waals surface area contributed by atoms with Crippen LogP contribution in [-0.2, 0) is 4.79 Å². The SMILES string of the molecule is CCN(CC(=O)O)C(=O)NCCCSC. The highest BCUT2D eigenvalue weighted by Crippen LogP contribution is 1.94. The van der Waals surface area contributed by atoms with Crippen molar-refractivity contribution in [2.75, 3.05) is 31.6 Å². The van der Waals surface area contributed by atoms with E-state index in [-0.39, 0.29) is 12.6 Å². The third-order valence-corrected chi connectivity index (χ3v) is 2.49. The number of thioether (sulfide) groups is 1. The fraction of sp³-hybridized carbons (Fsp3) is 0.778. The van der Waals surface area contributed by atoms with Crippen LogP contribution in [0.2, 0.25) is 0 Å². The van der Waals surface area contributed by atoms with Crippen LogP contribution >= 0.6 is 11.8 Å². The van der Waals surface area contributed by atoms with E-state index in [1.54, 1.807) is 18.7 Å². The predicted molar refractivity (Wildman–Crippen MR) is 61.3 cm³/mol. The molecule has 0 aromatic carbocycles. The van der Waals surface area contributed by atoms with E-state index in [1.807, 2.05) is 6.26 Å². The lowest BCUT2D eigenvalue weighted by atomic mass is 10.4. The maximum atomic E-state index is 11.4. The Kier molecular flexibility index (Phi) is 7.89. The summed E-state index contributed by atoms with van der Waals surface area (Å²) in [4.78, 5) is 23.1. The number of nitrogens with zero attached hydrogens (tertiary/aromatic N) is 1. The van der Waals surface area contributed by atoms with Gasteiger partial charge in [-0.3, -0.25) is 4.79 Å². The molecule has 88 valence electrons. The van der Waals surface area contributed by atoms with Gasteiger partial charge in [-0.1, -0.05) is 0 Å². The van der Waals surface area contributed by atoms with Gasteiger partial charge in [-0.05, 0) is 25.4 Å². The Morgan fingerprint density at radius 3 is 2.60 bits per heavy atom. The average Bonchev–Trinajstić information content (AvgIpc) is 2.20. The van der Waals surface area contributed by atoms with E-state index in [1.165, 1.54) is 4.90 Å². The fourth-order valence-electron chi connectivity index (χ4n) is 1.01. The van der Waals surface area contributed by atoms with Crippen molar-refractivity contribution in [3.63, 3.8) is 0 Å². The quantitative estimate of drug-likeness (QED) is 0.641. The Hall–Kier alpha value is -0.910. The average molecular weight is 234 g/mol. The Balaban J connectivity index is 3.78. The molecule has 15 heavy (non-hydrogen) atoms. The molecule has 0 aromatic heterocycles. The lowest BCUT2D eigenvalue weighted by molar-refractivity contribution is -0.137. The summed E-state index contributed by atoms with van der Waals surface area (Å²) in [7, 11) is 0. The zero-order chi connectivity index (χ0) is 11.7. The third-order valence-electron chi connectivity index (χ3n) is 1.80. The molecule has 0 saturated carbocycles. The first kappa shape index (κ1) is 14.1. The minimum atomic E-state index is -0.990. The Labute approximate surface area is 94.2 Å². The first-order valence-corrected chi connectivity index (χ1v) is 6.24. The van der Waals surface area contributed by atoms with Crippen molar-refractivity contribution in [3.05, 3.63) is 0 Å². The summed E-state index contributed by atoms with van der Waals surface area (Å²) in [5, 5.41) is 11.2. The van der Waals surface area contributed by atoms with Gasteiger partial charge in [0.25, 0.3) is 0 Å². The maximum absolute atomic E-state index is 11.4. The van der Waals surface area contributed by atoms with Gasteiger partial charge in [-0.2, -0.15) is 11.8 Å². The van der Waals surface area contributed by atoms with Gasteiger partial charge < -0.3 is 15.3 Å². The second kappa shape index (κ2) is 8.40. The molecule has 0 bridgehead atoms. The second-order valence-electron chi connectivity index (χ2n) is 2.99. The van der Waals surface area contributed by atoms with Gasteiger partial charge in [-0.15, -0.1) is 0 Å². The number of carboxylic acids is 1. The smallest absolute Gasteiger partial charge is 0.323 e. The molecule has 2 amide bonds. The van der Waals surface area contributed by atoms with Crippen LogP contribution in [0.1, 0.15) is 13.3 Å².